The summed E-state index contributed by atoms with van der Waals surface area (Å²) >= 11 is 0. The number of hydrogen-bond acceptors (Lipinski definition) is 10. The largest absolute Gasteiger partial charge is 0.507 e. The molecule has 2 aromatic rings. The third-order valence-electron chi connectivity index (χ3n) is 7.61. The first-order chi connectivity index (χ1) is 16.9. The highest BCUT2D eigenvalue weighted by atomic mass is 16.7. The zero-order valence-corrected chi connectivity index (χ0v) is 19.8. The summed E-state index contributed by atoms with van der Waals surface area (Å²) in [6.07, 6.45) is -4.75. The number of rotatable bonds is 3. The summed E-state index contributed by atoms with van der Waals surface area (Å²) in [4.78, 5) is 26.6. The van der Waals surface area contributed by atoms with Gasteiger partial charge in [-0.2, -0.15) is 0 Å². The van der Waals surface area contributed by atoms with Gasteiger partial charge >= 0.3 is 0 Å². The fraction of sp³-hybridized carbons (Fsp3) is 0.462. The van der Waals surface area contributed by atoms with E-state index >= 15 is 0 Å². The Bertz CT molecular complexity index is 1250. The van der Waals surface area contributed by atoms with Crippen molar-refractivity contribution in [3.05, 3.63) is 57.6 Å². The molecule has 0 bridgehead atoms. The van der Waals surface area contributed by atoms with Crippen LogP contribution in [0.5, 0.6) is 11.5 Å². The summed E-state index contributed by atoms with van der Waals surface area (Å²) in [6.45, 7) is 3.07. The molecule has 10 nitrogen and oxygen atoms in total. The van der Waals surface area contributed by atoms with Crippen molar-refractivity contribution in [2.45, 2.75) is 75.5 Å². The summed E-state index contributed by atoms with van der Waals surface area (Å²) in [7, 11) is 0. The molecule has 1 heterocycles. The fourth-order valence-electron chi connectivity index (χ4n) is 5.51. The van der Waals surface area contributed by atoms with Crippen LogP contribution in [-0.2, 0) is 15.9 Å². The maximum absolute atomic E-state index is 13.4. The highest BCUT2D eigenvalue weighted by Gasteiger charge is 2.47. The van der Waals surface area contributed by atoms with Gasteiger partial charge in [-0.05, 0) is 31.5 Å². The van der Waals surface area contributed by atoms with Gasteiger partial charge in [0.15, 0.2) is 12.1 Å². The lowest BCUT2D eigenvalue weighted by molar-refractivity contribution is -0.250. The van der Waals surface area contributed by atoms with Gasteiger partial charge in [0, 0.05) is 42.0 Å². The summed E-state index contributed by atoms with van der Waals surface area (Å²) in [6, 6.07) is 4.96. The summed E-state index contributed by atoms with van der Waals surface area (Å²) < 4.78 is 11.9. The molecule has 0 amide bonds. The predicted octanol–water partition coefficient (Wildman–Crippen LogP) is 0.812. The molecule has 36 heavy (non-hydrogen) atoms. The van der Waals surface area contributed by atoms with Crippen molar-refractivity contribution in [3.63, 3.8) is 0 Å². The van der Waals surface area contributed by atoms with E-state index in [9.17, 15) is 35.1 Å². The van der Waals surface area contributed by atoms with Gasteiger partial charge in [0.1, 0.15) is 11.5 Å². The van der Waals surface area contributed by atoms with Crippen molar-refractivity contribution in [1.29, 1.82) is 0 Å². The van der Waals surface area contributed by atoms with Crippen LogP contribution >= 0.6 is 0 Å². The predicted molar refractivity (Wildman–Crippen MR) is 125 cm³/mol. The quantitative estimate of drug-likeness (QED) is 0.302. The van der Waals surface area contributed by atoms with Crippen LogP contribution in [0.2, 0.25) is 0 Å². The molecule has 3 aliphatic rings. The van der Waals surface area contributed by atoms with Gasteiger partial charge in [-0.25, -0.2) is 0 Å². The molecule has 1 aliphatic heterocycles. The minimum absolute atomic E-state index is 0.0124. The van der Waals surface area contributed by atoms with Crippen molar-refractivity contribution in [3.8, 4) is 11.5 Å². The zero-order chi connectivity index (χ0) is 26.1. The topological polar surface area (TPSA) is 180 Å². The average Bonchev–Trinajstić information content (AvgIpc) is 2.80. The van der Waals surface area contributed by atoms with Crippen molar-refractivity contribution in [1.82, 2.24) is 0 Å². The third-order valence-corrected chi connectivity index (χ3v) is 7.61. The Morgan fingerprint density at radius 3 is 2.56 bits per heavy atom. The SMILES string of the molecule is CC1OC(OC2CC(O)(C(C)O)Cc3cc4c(c(O)c32)C(=O)c2c(O)cccc2C4=O)CC(N)C1O. The summed E-state index contributed by atoms with van der Waals surface area (Å²) in [5, 5.41) is 53.4. The number of aromatic hydroxyl groups is 2. The number of nitrogens with two attached hydrogens (primary N) is 1. The van der Waals surface area contributed by atoms with Crippen LogP contribution in [0, 0.1) is 0 Å². The molecule has 1 fully saturated rings. The number of phenols is 2. The number of phenolic OH excluding ortho intramolecular Hbond substituents is 2. The second kappa shape index (κ2) is 8.62. The second-order valence-electron chi connectivity index (χ2n) is 10.0. The second-order valence-corrected chi connectivity index (χ2v) is 10.0. The highest BCUT2D eigenvalue weighted by molar-refractivity contribution is 6.30. The molecule has 0 radical (unpaired) electrons. The standard InChI is InChI=1S/C26H29NO9/c1-10-22(30)15(27)7-18(35-10)36-17-9-26(34,11(2)28)8-12-6-14-21(24(32)19(12)17)25(33)20-13(23(14)31)4-3-5-16(20)29/h3-6,10-11,15,17-18,22,28-30,32,34H,7-9,27H2,1-2H3. The Kier molecular flexibility index (Phi) is 5.94. The number of carbonyl (C=O) groups is 2. The van der Waals surface area contributed by atoms with E-state index in [2.05, 4.69) is 0 Å². The van der Waals surface area contributed by atoms with Crippen LogP contribution in [0.4, 0.5) is 0 Å². The molecule has 10 heteroatoms. The van der Waals surface area contributed by atoms with Gasteiger partial charge in [0.2, 0.25) is 5.78 Å². The van der Waals surface area contributed by atoms with Crippen LogP contribution in [0.1, 0.15) is 75.8 Å². The van der Waals surface area contributed by atoms with Crippen LogP contribution in [0.25, 0.3) is 0 Å². The van der Waals surface area contributed by atoms with Crippen molar-refractivity contribution >= 4 is 11.6 Å². The van der Waals surface area contributed by atoms with Gasteiger partial charge in [0.05, 0.1) is 41.1 Å². The van der Waals surface area contributed by atoms with E-state index < -0.39 is 59.7 Å². The minimum Gasteiger partial charge on any atom is -0.507 e. The number of ether oxygens (including phenoxy) is 2. The minimum atomic E-state index is -1.65. The van der Waals surface area contributed by atoms with Gasteiger partial charge in [-0.15, -0.1) is 0 Å². The zero-order valence-electron chi connectivity index (χ0n) is 19.8. The molecule has 5 rings (SSSR count). The molecule has 192 valence electrons. The number of hydrogen-bond donors (Lipinski definition) is 6. The number of carbonyl (C=O) groups excluding carboxylic acids is 2. The average molecular weight is 500 g/mol. The summed E-state index contributed by atoms with van der Waals surface area (Å²) in [5.74, 6) is -2.12. The van der Waals surface area contributed by atoms with Crippen LogP contribution in [0.3, 0.4) is 0 Å². The van der Waals surface area contributed by atoms with Crippen LogP contribution in [-0.4, -0.2) is 73.3 Å². The number of benzene rings is 2. The molecule has 7 unspecified atom stereocenters. The van der Waals surface area contributed by atoms with Crippen LogP contribution < -0.4 is 5.73 Å². The van der Waals surface area contributed by atoms with E-state index in [-0.39, 0.29) is 52.8 Å². The fourth-order valence-corrected chi connectivity index (χ4v) is 5.51. The molecule has 2 aromatic carbocycles. The van der Waals surface area contributed by atoms with Crippen molar-refractivity contribution in [2.75, 3.05) is 0 Å². The first-order valence-corrected chi connectivity index (χ1v) is 11.9. The van der Waals surface area contributed by atoms with E-state index in [0.29, 0.717) is 5.56 Å². The highest BCUT2D eigenvalue weighted by Crippen LogP contribution is 2.49. The molecule has 0 saturated carbocycles. The third kappa shape index (κ3) is 3.73. The van der Waals surface area contributed by atoms with Gasteiger partial charge in [-0.1, -0.05) is 12.1 Å². The Labute approximate surface area is 206 Å². The van der Waals surface area contributed by atoms with Crippen molar-refractivity contribution < 1.29 is 44.6 Å². The molecular formula is C26H29NO9. The molecular weight excluding hydrogens is 470 g/mol. The lowest BCUT2D eigenvalue weighted by Gasteiger charge is -2.43. The molecule has 2 aliphatic carbocycles. The molecule has 0 spiro atoms. The van der Waals surface area contributed by atoms with Crippen molar-refractivity contribution in [2.24, 2.45) is 5.73 Å². The first kappa shape index (κ1) is 24.8. The lowest BCUT2D eigenvalue weighted by atomic mass is 9.72. The molecule has 0 aromatic heterocycles. The number of fused-ring (bicyclic) bond motifs is 3. The van der Waals surface area contributed by atoms with Crippen LogP contribution in [0.15, 0.2) is 24.3 Å². The Morgan fingerprint density at radius 2 is 1.89 bits per heavy atom. The molecule has 1 saturated heterocycles. The maximum Gasteiger partial charge on any atom is 0.201 e. The first-order valence-electron chi connectivity index (χ1n) is 11.9. The maximum atomic E-state index is 13.4. The Morgan fingerprint density at radius 1 is 1.17 bits per heavy atom. The normalized spacial score (nSPS) is 32.4. The van der Waals surface area contributed by atoms with E-state index in [1.165, 1.54) is 31.2 Å². The van der Waals surface area contributed by atoms with E-state index in [0.717, 1.165) is 0 Å². The Hall–Kier alpha value is -2.86. The lowest BCUT2D eigenvalue weighted by Crippen LogP contribution is -2.53. The van der Waals surface area contributed by atoms with E-state index in [1.807, 2.05) is 0 Å². The number of aliphatic hydroxyl groups is 3. The van der Waals surface area contributed by atoms with Gasteiger partial charge in [0.25, 0.3) is 0 Å². The molecule has 7 N–H and O–H groups in total. The summed E-state index contributed by atoms with van der Waals surface area (Å²) in [5.41, 5.74) is 4.40. The number of ketones is 2. The van der Waals surface area contributed by atoms with Gasteiger partial charge in [-0.3, -0.25) is 9.59 Å². The molecule has 7 atom stereocenters. The van der Waals surface area contributed by atoms with E-state index in [4.69, 9.17) is 15.2 Å². The van der Waals surface area contributed by atoms with Gasteiger partial charge < -0.3 is 40.7 Å². The smallest absolute Gasteiger partial charge is 0.201 e. The Balaban J connectivity index is 1.63. The number of aliphatic hydroxyl groups excluding tert-OH is 2. The monoisotopic (exact) mass is 499 g/mol. The van der Waals surface area contributed by atoms with E-state index in [1.54, 1.807) is 6.92 Å².